The van der Waals surface area contributed by atoms with E-state index in [0.29, 0.717) is 6.04 Å². The standard InChI is InChI=1S/C12H18BrNO/c1-3-10(2)14-8-9-15-12-6-4-11(13)5-7-12/h4-7,10,14H,3,8-9H2,1-2H3/p+1/t10-/m1/s1. The molecular weight excluding hydrogens is 254 g/mol. The molecule has 0 aromatic heterocycles. The van der Waals surface area contributed by atoms with Gasteiger partial charge in [-0.25, -0.2) is 0 Å². The van der Waals surface area contributed by atoms with E-state index < -0.39 is 0 Å². The number of hydrogen-bond donors (Lipinski definition) is 1. The average molecular weight is 273 g/mol. The van der Waals surface area contributed by atoms with Gasteiger partial charge in [0.05, 0.1) is 6.04 Å². The summed E-state index contributed by atoms with van der Waals surface area (Å²) in [5.74, 6) is 0.941. The van der Waals surface area contributed by atoms with E-state index in [1.807, 2.05) is 24.3 Å². The summed E-state index contributed by atoms with van der Waals surface area (Å²) < 4.78 is 6.69. The third-order valence-corrected chi connectivity index (χ3v) is 2.94. The van der Waals surface area contributed by atoms with Crippen LogP contribution in [-0.2, 0) is 0 Å². The predicted molar refractivity (Wildman–Crippen MR) is 66.2 cm³/mol. The molecule has 1 atom stereocenters. The number of nitrogens with two attached hydrogens (primary N) is 1. The Labute approximate surface area is 100 Å². The van der Waals surface area contributed by atoms with Crippen LogP contribution >= 0.6 is 15.9 Å². The quantitative estimate of drug-likeness (QED) is 0.790. The van der Waals surface area contributed by atoms with E-state index in [0.717, 1.165) is 23.4 Å². The molecule has 0 saturated heterocycles. The highest BCUT2D eigenvalue weighted by molar-refractivity contribution is 9.10. The van der Waals surface area contributed by atoms with Gasteiger partial charge in [0.15, 0.2) is 0 Å². The van der Waals surface area contributed by atoms with Crippen LogP contribution in [0.4, 0.5) is 0 Å². The van der Waals surface area contributed by atoms with Crippen molar-refractivity contribution >= 4 is 15.9 Å². The smallest absolute Gasteiger partial charge is 0.137 e. The molecule has 3 heteroatoms. The Morgan fingerprint density at radius 1 is 1.33 bits per heavy atom. The lowest BCUT2D eigenvalue weighted by atomic mass is 10.3. The molecule has 0 aliphatic heterocycles. The molecule has 0 unspecified atom stereocenters. The molecule has 15 heavy (non-hydrogen) atoms. The first-order valence-electron chi connectivity index (χ1n) is 5.44. The van der Waals surface area contributed by atoms with E-state index >= 15 is 0 Å². The van der Waals surface area contributed by atoms with Crippen LogP contribution in [0.1, 0.15) is 20.3 Å². The van der Waals surface area contributed by atoms with Gasteiger partial charge in [-0.15, -0.1) is 0 Å². The van der Waals surface area contributed by atoms with Gasteiger partial charge in [-0.05, 0) is 37.6 Å². The van der Waals surface area contributed by atoms with Gasteiger partial charge in [0.1, 0.15) is 18.9 Å². The Morgan fingerprint density at radius 2 is 2.00 bits per heavy atom. The van der Waals surface area contributed by atoms with Crippen molar-refractivity contribution in [1.82, 2.24) is 0 Å². The Kier molecular flexibility index (Phi) is 5.73. The van der Waals surface area contributed by atoms with Gasteiger partial charge in [0, 0.05) is 4.47 Å². The van der Waals surface area contributed by atoms with Gasteiger partial charge >= 0.3 is 0 Å². The van der Waals surface area contributed by atoms with E-state index in [1.54, 1.807) is 0 Å². The fraction of sp³-hybridized carbons (Fsp3) is 0.500. The maximum absolute atomic E-state index is 5.60. The van der Waals surface area contributed by atoms with Crippen molar-refractivity contribution in [3.8, 4) is 5.75 Å². The third kappa shape index (κ3) is 5.19. The van der Waals surface area contributed by atoms with Crippen molar-refractivity contribution in [2.45, 2.75) is 26.3 Å². The highest BCUT2D eigenvalue weighted by atomic mass is 79.9. The van der Waals surface area contributed by atoms with Gasteiger partial charge < -0.3 is 10.1 Å². The minimum absolute atomic E-state index is 0.693. The molecule has 0 aliphatic carbocycles. The van der Waals surface area contributed by atoms with Crippen LogP contribution in [-0.4, -0.2) is 19.2 Å². The molecule has 0 spiro atoms. The van der Waals surface area contributed by atoms with E-state index in [9.17, 15) is 0 Å². The van der Waals surface area contributed by atoms with Gasteiger partial charge in [0.25, 0.3) is 0 Å². The molecule has 0 bridgehead atoms. The first-order valence-corrected chi connectivity index (χ1v) is 6.23. The number of quaternary nitrogens is 1. The predicted octanol–water partition coefficient (Wildman–Crippen LogP) is 2.19. The van der Waals surface area contributed by atoms with Gasteiger partial charge in [-0.3, -0.25) is 0 Å². The fourth-order valence-electron chi connectivity index (χ4n) is 1.23. The summed E-state index contributed by atoms with van der Waals surface area (Å²) in [7, 11) is 0. The number of rotatable bonds is 6. The third-order valence-electron chi connectivity index (χ3n) is 2.41. The Bertz CT molecular complexity index is 273. The van der Waals surface area contributed by atoms with Crippen molar-refractivity contribution in [2.24, 2.45) is 0 Å². The van der Waals surface area contributed by atoms with Gasteiger partial charge in [-0.2, -0.15) is 0 Å². The Balaban J connectivity index is 2.17. The molecule has 1 rings (SSSR count). The highest BCUT2D eigenvalue weighted by Crippen LogP contribution is 2.15. The molecular formula is C12H19BrNO+. The zero-order valence-corrected chi connectivity index (χ0v) is 11.0. The summed E-state index contributed by atoms with van der Waals surface area (Å²) in [5, 5.41) is 2.32. The molecule has 0 radical (unpaired) electrons. The lowest BCUT2D eigenvalue weighted by Gasteiger charge is -2.09. The molecule has 0 fully saturated rings. The van der Waals surface area contributed by atoms with Crippen LogP contribution in [0, 0.1) is 0 Å². The normalized spacial score (nSPS) is 12.5. The Hall–Kier alpha value is -0.540. The largest absolute Gasteiger partial charge is 0.488 e. The molecule has 0 heterocycles. The van der Waals surface area contributed by atoms with E-state index in [-0.39, 0.29) is 0 Å². The van der Waals surface area contributed by atoms with Crippen LogP contribution in [0.5, 0.6) is 5.75 Å². The minimum Gasteiger partial charge on any atom is -0.488 e. The zero-order valence-electron chi connectivity index (χ0n) is 9.37. The summed E-state index contributed by atoms with van der Waals surface area (Å²) in [6, 6.07) is 8.64. The van der Waals surface area contributed by atoms with E-state index in [1.165, 1.54) is 6.42 Å². The molecule has 1 aromatic rings. The topological polar surface area (TPSA) is 25.8 Å². The number of ether oxygens (including phenoxy) is 1. The molecule has 0 saturated carbocycles. The minimum atomic E-state index is 0.693. The lowest BCUT2D eigenvalue weighted by Crippen LogP contribution is -2.90. The maximum Gasteiger partial charge on any atom is 0.137 e. The Morgan fingerprint density at radius 3 is 2.60 bits per heavy atom. The van der Waals surface area contributed by atoms with Crippen molar-refractivity contribution in [2.75, 3.05) is 13.2 Å². The first kappa shape index (κ1) is 12.5. The second-order valence-electron chi connectivity index (χ2n) is 3.71. The number of hydrogen-bond acceptors (Lipinski definition) is 1. The van der Waals surface area contributed by atoms with Crippen LogP contribution < -0.4 is 10.1 Å². The summed E-state index contributed by atoms with van der Waals surface area (Å²) in [5.41, 5.74) is 0. The summed E-state index contributed by atoms with van der Waals surface area (Å²) in [4.78, 5) is 0. The second-order valence-corrected chi connectivity index (χ2v) is 4.63. The molecule has 0 aliphatic rings. The van der Waals surface area contributed by atoms with Crippen molar-refractivity contribution in [1.29, 1.82) is 0 Å². The lowest BCUT2D eigenvalue weighted by molar-refractivity contribution is -0.686. The van der Waals surface area contributed by atoms with Gasteiger partial charge in [-0.1, -0.05) is 22.9 Å². The van der Waals surface area contributed by atoms with Crippen molar-refractivity contribution in [3.63, 3.8) is 0 Å². The average Bonchev–Trinajstić information content (AvgIpc) is 2.26. The molecule has 1 aromatic carbocycles. The van der Waals surface area contributed by atoms with Crippen LogP contribution in [0.2, 0.25) is 0 Å². The van der Waals surface area contributed by atoms with E-state index in [2.05, 4.69) is 35.1 Å². The maximum atomic E-state index is 5.60. The van der Waals surface area contributed by atoms with Gasteiger partial charge in [0.2, 0.25) is 0 Å². The second kappa shape index (κ2) is 6.85. The van der Waals surface area contributed by atoms with Crippen LogP contribution in [0.25, 0.3) is 0 Å². The SMILES string of the molecule is CC[C@@H](C)[NH2+]CCOc1ccc(Br)cc1. The zero-order chi connectivity index (χ0) is 11.1. The van der Waals surface area contributed by atoms with Crippen LogP contribution in [0.15, 0.2) is 28.7 Å². The number of halogens is 1. The fourth-order valence-corrected chi connectivity index (χ4v) is 1.49. The first-order chi connectivity index (χ1) is 7.22. The monoisotopic (exact) mass is 272 g/mol. The molecule has 84 valence electrons. The highest BCUT2D eigenvalue weighted by Gasteiger charge is 2.00. The molecule has 2 N–H and O–H groups in total. The number of benzene rings is 1. The molecule has 2 nitrogen and oxygen atoms in total. The van der Waals surface area contributed by atoms with Crippen molar-refractivity contribution < 1.29 is 10.1 Å². The van der Waals surface area contributed by atoms with Crippen LogP contribution in [0.3, 0.4) is 0 Å². The molecule has 0 amide bonds. The summed E-state index contributed by atoms with van der Waals surface area (Å²) in [6.07, 6.45) is 1.21. The summed E-state index contributed by atoms with van der Waals surface area (Å²) >= 11 is 3.39. The summed E-state index contributed by atoms with van der Waals surface area (Å²) in [6.45, 7) is 6.23. The van der Waals surface area contributed by atoms with E-state index in [4.69, 9.17) is 4.74 Å². The van der Waals surface area contributed by atoms with Crippen molar-refractivity contribution in [3.05, 3.63) is 28.7 Å².